The molecule has 0 aliphatic rings. The molecule has 0 unspecified atom stereocenters. The van der Waals surface area contributed by atoms with Gasteiger partial charge in [0.05, 0.1) is 28.8 Å². The topological polar surface area (TPSA) is 41.1 Å². The normalized spacial score (nSPS) is 11.5. The van der Waals surface area contributed by atoms with Gasteiger partial charge in [-0.15, -0.1) is 0 Å². The van der Waals surface area contributed by atoms with Crippen molar-refractivity contribution in [2.75, 3.05) is 18.4 Å². The summed E-state index contributed by atoms with van der Waals surface area (Å²) in [6, 6.07) is 3.05. The lowest BCUT2D eigenvalue weighted by Crippen LogP contribution is -2.35. The van der Waals surface area contributed by atoms with E-state index in [-0.39, 0.29) is 15.7 Å². The first-order valence-electron chi connectivity index (χ1n) is 4.91. The fourth-order valence-electron chi connectivity index (χ4n) is 1.13. The summed E-state index contributed by atoms with van der Waals surface area (Å²) in [5, 5.41) is 4.65. The van der Waals surface area contributed by atoms with Crippen molar-refractivity contribution in [1.82, 2.24) is 5.32 Å². The second kappa shape index (κ2) is 6.78. The van der Waals surface area contributed by atoms with Gasteiger partial charge in [0.2, 0.25) is 5.91 Å². The molecular formula is C10H8BrCl2F3N2O. The van der Waals surface area contributed by atoms with Crippen molar-refractivity contribution in [3.63, 3.8) is 0 Å². The van der Waals surface area contributed by atoms with Crippen molar-refractivity contribution in [2.24, 2.45) is 0 Å². The zero-order chi connectivity index (χ0) is 14.6. The highest BCUT2D eigenvalue weighted by Crippen LogP contribution is 2.35. The van der Waals surface area contributed by atoms with Gasteiger partial charge in [0, 0.05) is 4.47 Å². The second-order valence-corrected chi connectivity index (χ2v) is 5.10. The average Bonchev–Trinajstić information content (AvgIpc) is 2.28. The van der Waals surface area contributed by atoms with Crippen molar-refractivity contribution in [2.45, 2.75) is 6.18 Å². The van der Waals surface area contributed by atoms with E-state index in [1.807, 2.05) is 5.32 Å². The molecule has 0 aliphatic heterocycles. The van der Waals surface area contributed by atoms with E-state index < -0.39 is 25.2 Å². The van der Waals surface area contributed by atoms with Crippen molar-refractivity contribution < 1.29 is 18.0 Å². The van der Waals surface area contributed by atoms with E-state index in [9.17, 15) is 18.0 Å². The van der Waals surface area contributed by atoms with Crippen molar-refractivity contribution >= 4 is 50.7 Å². The average molecular weight is 380 g/mol. The Kier molecular flexibility index (Phi) is 5.91. The molecule has 2 N–H and O–H groups in total. The Balaban J connectivity index is 2.56. The summed E-state index contributed by atoms with van der Waals surface area (Å²) in [7, 11) is 0. The largest absolute Gasteiger partial charge is 0.401 e. The number of rotatable bonds is 4. The third kappa shape index (κ3) is 5.56. The van der Waals surface area contributed by atoms with Crippen LogP contribution in [0.3, 0.4) is 0 Å². The third-order valence-electron chi connectivity index (χ3n) is 1.92. The van der Waals surface area contributed by atoms with E-state index in [4.69, 9.17) is 23.2 Å². The Bertz CT molecular complexity index is 483. The van der Waals surface area contributed by atoms with Gasteiger partial charge in [-0.2, -0.15) is 13.2 Å². The number of hydrogen-bond acceptors (Lipinski definition) is 2. The summed E-state index contributed by atoms with van der Waals surface area (Å²) in [5.74, 6) is -0.649. The Hall–Kier alpha value is -0.500. The van der Waals surface area contributed by atoms with E-state index in [2.05, 4.69) is 21.2 Å². The molecule has 19 heavy (non-hydrogen) atoms. The van der Waals surface area contributed by atoms with E-state index in [0.29, 0.717) is 4.47 Å². The Morgan fingerprint density at radius 1 is 1.26 bits per heavy atom. The van der Waals surface area contributed by atoms with Crippen LogP contribution in [0.25, 0.3) is 0 Å². The van der Waals surface area contributed by atoms with Crippen LogP contribution >= 0.6 is 39.1 Å². The quantitative estimate of drug-likeness (QED) is 0.780. The highest BCUT2D eigenvalue weighted by Gasteiger charge is 2.26. The van der Waals surface area contributed by atoms with Gasteiger partial charge in [0.25, 0.3) is 0 Å². The van der Waals surface area contributed by atoms with Crippen LogP contribution in [0.15, 0.2) is 16.6 Å². The van der Waals surface area contributed by atoms with Gasteiger partial charge in [0.15, 0.2) is 0 Å². The van der Waals surface area contributed by atoms with Crippen LogP contribution in [0.1, 0.15) is 0 Å². The molecule has 0 aliphatic carbocycles. The number of anilines is 1. The van der Waals surface area contributed by atoms with E-state index in [1.54, 1.807) is 6.07 Å². The van der Waals surface area contributed by atoms with E-state index >= 15 is 0 Å². The SMILES string of the molecule is O=C(CNCC(F)(F)F)Nc1ccc(Br)c(Cl)c1Cl. The molecule has 1 aromatic carbocycles. The van der Waals surface area contributed by atoms with Crippen LogP contribution in [0, 0.1) is 0 Å². The summed E-state index contributed by atoms with van der Waals surface area (Å²) < 4.78 is 36.1. The molecule has 0 aromatic heterocycles. The van der Waals surface area contributed by atoms with Gasteiger partial charge in [-0.1, -0.05) is 23.2 Å². The van der Waals surface area contributed by atoms with Gasteiger partial charge >= 0.3 is 6.18 Å². The summed E-state index contributed by atoms with van der Waals surface area (Å²) in [6.07, 6.45) is -4.36. The van der Waals surface area contributed by atoms with Gasteiger partial charge in [-0.25, -0.2) is 0 Å². The number of nitrogens with one attached hydrogen (secondary N) is 2. The predicted molar refractivity (Wildman–Crippen MR) is 71.7 cm³/mol. The molecule has 1 amide bonds. The smallest absolute Gasteiger partial charge is 0.324 e. The van der Waals surface area contributed by atoms with Crippen LogP contribution in [0.5, 0.6) is 0 Å². The van der Waals surface area contributed by atoms with Crippen LogP contribution in [-0.4, -0.2) is 25.2 Å². The lowest BCUT2D eigenvalue weighted by molar-refractivity contribution is -0.126. The first-order chi connectivity index (χ1) is 8.70. The molecule has 1 aromatic rings. The van der Waals surface area contributed by atoms with Crippen LogP contribution < -0.4 is 10.6 Å². The minimum atomic E-state index is -4.36. The minimum absolute atomic E-state index is 0.111. The molecule has 0 bridgehead atoms. The fraction of sp³-hybridized carbons (Fsp3) is 0.300. The molecule has 3 nitrogen and oxygen atoms in total. The first kappa shape index (κ1) is 16.6. The molecule has 0 saturated carbocycles. The maximum absolute atomic E-state index is 11.9. The Morgan fingerprint density at radius 3 is 2.47 bits per heavy atom. The maximum atomic E-state index is 11.9. The standard InChI is InChI=1S/C10H8BrCl2F3N2O/c11-5-1-2-6(9(13)8(5)12)18-7(19)3-17-4-10(14,15)16/h1-2,17H,3-4H2,(H,18,19). The van der Waals surface area contributed by atoms with Crippen molar-refractivity contribution in [3.8, 4) is 0 Å². The van der Waals surface area contributed by atoms with E-state index in [0.717, 1.165) is 0 Å². The highest BCUT2D eigenvalue weighted by atomic mass is 79.9. The van der Waals surface area contributed by atoms with Crippen LogP contribution in [0.2, 0.25) is 10.0 Å². The Morgan fingerprint density at radius 2 is 1.89 bits per heavy atom. The number of benzene rings is 1. The summed E-state index contributed by atoms with van der Waals surface area (Å²) >= 11 is 14.9. The lowest BCUT2D eigenvalue weighted by atomic mass is 10.3. The number of carbonyl (C=O) groups excluding carboxylic acids is 1. The number of hydrogen-bond donors (Lipinski definition) is 2. The molecule has 9 heteroatoms. The van der Waals surface area contributed by atoms with Crippen LogP contribution in [-0.2, 0) is 4.79 Å². The molecule has 0 atom stereocenters. The number of alkyl halides is 3. The zero-order valence-electron chi connectivity index (χ0n) is 9.24. The van der Waals surface area contributed by atoms with Gasteiger partial charge in [-0.3, -0.25) is 4.79 Å². The summed E-state index contributed by atoms with van der Waals surface area (Å²) in [4.78, 5) is 11.4. The minimum Gasteiger partial charge on any atom is -0.324 e. The molecular weight excluding hydrogens is 372 g/mol. The molecule has 0 fully saturated rings. The highest BCUT2D eigenvalue weighted by molar-refractivity contribution is 9.10. The molecule has 106 valence electrons. The predicted octanol–water partition coefficient (Wildman–Crippen LogP) is 3.85. The lowest BCUT2D eigenvalue weighted by Gasteiger charge is -2.11. The summed E-state index contributed by atoms with van der Waals surface area (Å²) in [6.45, 7) is -1.72. The zero-order valence-corrected chi connectivity index (χ0v) is 12.3. The number of halogens is 6. The second-order valence-electron chi connectivity index (χ2n) is 3.49. The molecule has 0 saturated heterocycles. The monoisotopic (exact) mass is 378 g/mol. The maximum Gasteiger partial charge on any atom is 0.401 e. The van der Waals surface area contributed by atoms with Crippen LogP contribution in [0.4, 0.5) is 18.9 Å². The summed E-state index contributed by atoms with van der Waals surface area (Å²) in [5.41, 5.74) is 0.230. The molecule has 0 radical (unpaired) electrons. The van der Waals surface area contributed by atoms with Crippen molar-refractivity contribution in [3.05, 3.63) is 26.7 Å². The fourth-order valence-corrected chi connectivity index (χ4v) is 1.96. The number of carbonyl (C=O) groups is 1. The van der Waals surface area contributed by atoms with Crippen molar-refractivity contribution in [1.29, 1.82) is 0 Å². The number of amides is 1. The molecule has 0 heterocycles. The third-order valence-corrected chi connectivity index (χ3v) is 3.69. The molecule has 1 rings (SSSR count). The van der Waals surface area contributed by atoms with E-state index in [1.165, 1.54) is 6.07 Å². The molecule has 0 spiro atoms. The Labute approximate surface area is 125 Å². The first-order valence-corrected chi connectivity index (χ1v) is 6.46. The van der Waals surface area contributed by atoms with Gasteiger partial charge < -0.3 is 10.6 Å². The van der Waals surface area contributed by atoms with Gasteiger partial charge in [-0.05, 0) is 28.1 Å². The van der Waals surface area contributed by atoms with Gasteiger partial charge in [0.1, 0.15) is 0 Å².